The lowest BCUT2D eigenvalue weighted by atomic mass is 9.97. The Morgan fingerprint density at radius 2 is 2.18 bits per heavy atom. The van der Waals surface area contributed by atoms with E-state index in [0.717, 1.165) is 18.5 Å². The number of carbonyl (C=O) groups excluding carboxylic acids is 2. The minimum Gasteiger partial charge on any atom is -0.383 e. The van der Waals surface area contributed by atoms with Gasteiger partial charge in [0.1, 0.15) is 0 Å². The molecular formula is C17H24N2O3. The number of nitrogens with one attached hydrogen (secondary N) is 1. The van der Waals surface area contributed by atoms with Gasteiger partial charge in [0, 0.05) is 40.1 Å². The number of carbonyl (C=O) groups is 2. The molecule has 1 heterocycles. The minimum absolute atomic E-state index is 0.0272. The van der Waals surface area contributed by atoms with Gasteiger partial charge in [-0.1, -0.05) is 24.3 Å². The molecule has 22 heavy (non-hydrogen) atoms. The largest absolute Gasteiger partial charge is 0.383 e. The predicted octanol–water partition coefficient (Wildman–Crippen LogP) is 1.36. The lowest BCUT2D eigenvalue weighted by Gasteiger charge is -2.16. The summed E-state index contributed by atoms with van der Waals surface area (Å²) in [7, 11) is 1.65. The molecule has 1 aliphatic rings. The highest BCUT2D eigenvalue weighted by molar-refractivity contribution is 5.78. The summed E-state index contributed by atoms with van der Waals surface area (Å²) in [5.74, 6) is 0.553. The molecule has 1 N–H and O–H groups in total. The fourth-order valence-corrected chi connectivity index (χ4v) is 2.83. The Balaban J connectivity index is 1.89. The minimum atomic E-state index is -0.0272. The molecule has 0 spiro atoms. The molecule has 0 aliphatic carbocycles. The highest BCUT2D eigenvalue weighted by atomic mass is 16.5. The monoisotopic (exact) mass is 304 g/mol. The van der Waals surface area contributed by atoms with Gasteiger partial charge in [0.05, 0.1) is 6.61 Å². The third-order valence-electron chi connectivity index (χ3n) is 3.92. The van der Waals surface area contributed by atoms with E-state index in [4.69, 9.17) is 4.74 Å². The number of hydrogen-bond donors (Lipinski definition) is 1. The molecule has 1 aliphatic heterocycles. The molecule has 0 radical (unpaired) electrons. The Labute approximate surface area is 131 Å². The van der Waals surface area contributed by atoms with Crippen LogP contribution >= 0.6 is 0 Å². The number of hydrogen-bond acceptors (Lipinski definition) is 3. The standard InChI is InChI=1S/C17H24N2O3/c1-13(20)18-11-15-5-3-4-14(8-15)9-16-10-17(21)19(12-16)6-7-22-2/h3-5,8,16H,6-7,9-12H2,1-2H3,(H,18,20)/t16-/m0/s1. The maximum absolute atomic E-state index is 11.9. The van der Waals surface area contributed by atoms with Crippen LogP contribution in [0.1, 0.15) is 24.5 Å². The van der Waals surface area contributed by atoms with Gasteiger partial charge in [-0.3, -0.25) is 9.59 Å². The first-order chi connectivity index (χ1) is 10.6. The van der Waals surface area contributed by atoms with E-state index in [1.165, 1.54) is 12.5 Å². The van der Waals surface area contributed by atoms with Crippen LogP contribution in [0.25, 0.3) is 0 Å². The number of rotatable bonds is 7. The van der Waals surface area contributed by atoms with Crippen molar-refractivity contribution in [3.05, 3.63) is 35.4 Å². The topological polar surface area (TPSA) is 58.6 Å². The molecule has 1 saturated heterocycles. The third-order valence-corrected chi connectivity index (χ3v) is 3.92. The smallest absolute Gasteiger partial charge is 0.223 e. The normalized spacial score (nSPS) is 17.8. The van der Waals surface area contributed by atoms with Gasteiger partial charge in [0.15, 0.2) is 0 Å². The molecule has 5 heteroatoms. The van der Waals surface area contributed by atoms with Gasteiger partial charge in [-0.15, -0.1) is 0 Å². The summed E-state index contributed by atoms with van der Waals surface area (Å²) >= 11 is 0. The molecule has 1 fully saturated rings. The predicted molar refractivity (Wildman–Crippen MR) is 84.2 cm³/mol. The third kappa shape index (κ3) is 4.84. The lowest BCUT2D eigenvalue weighted by molar-refractivity contribution is -0.128. The van der Waals surface area contributed by atoms with Crippen molar-refractivity contribution in [1.82, 2.24) is 10.2 Å². The van der Waals surface area contributed by atoms with Crippen molar-refractivity contribution in [3.63, 3.8) is 0 Å². The zero-order chi connectivity index (χ0) is 15.9. The highest BCUT2D eigenvalue weighted by Gasteiger charge is 2.29. The second-order valence-electron chi connectivity index (χ2n) is 5.84. The average molecular weight is 304 g/mol. The average Bonchev–Trinajstić information content (AvgIpc) is 2.83. The van der Waals surface area contributed by atoms with Crippen molar-refractivity contribution in [2.45, 2.75) is 26.3 Å². The number of benzene rings is 1. The van der Waals surface area contributed by atoms with Gasteiger partial charge in [-0.2, -0.15) is 0 Å². The van der Waals surface area contributed by atoms with Gasteiger partial charge >= 0.3 is 0 Å². The van der Waals surface area contributed by atoms with E-state index >= 15 is 0 Å². The first-order valence-corrected chi connectivity index (χ1v) is 7.67. The van der Waals surface area contributed by atoms with Crippen molar-refractivity contribution < 1.29 is 14.3 Å². The summed E-state index contributed by atoms with van der Waals surface area (Å²) < 4.78 is 5.04. The second kappa shape index (κ2) is 7.94. The molecule has 5 nitrogen and oxygen atoms in total. The molecule has 0 unspecified atom stereocenters. The first kappa shape index (κ1) is 16.5. The van der Waals surface area contributed by atoms with Gasteiger partial charge in [0.2, 0.25) is 11.8 Å². The molecule has 1 atom stereocenters. The SMILES string of the molecule is COCCN1C[C@@H](Cc2cccc(CNC(C)=O)c2)CC1=O. The number of nitrogens with zero attached hydrogens (tertiary/aromatic N) is 1. The van der Waals surface area contributed by atoms with Crippen molar-refractivity contribution in [2.75, 3.05) is 26.8 Å². The van der Waals surface area contributed by atoms with Crippen LogP contribution in [0.4, 0.5) is 0 Å². The van der Waals surface area contributed by atoms with Crippen LogP contribution in [-0.4, -0.2) is 43.5 Å². The molecule has 120 valence electrons. The van der Waals surface area contributed by atoms with Gasteiger partial charge < -0.3 is 15.0 Å². The van der Waals surface area contributed by atoms with Crippen LogP contribution in [0.5, 0.6) is 0 Å². The summed E-state index contributed by atoms with van der Waals surface area (Å²) in [5.41, 5.74) is 2.31. The summed E-state index contributed by atoms with van der Waals surface area (Å²) in [4.78, 5) is 24.8. The Morgan fingerprint density at radius 1 is 1.41 bits per heavy atom. The number of ether oxygens (including phenoxy) is 1. The molecule has 2 rings (SSSR count). The quantitative estimate of drug-likeness (QED) is 0.827. The Kier molecular flexibility index (Phi) is 5.95. The number of methoxy groups -OCH3 is 1. The fourth-order valence-electron chi connectivity index (χ4n) is 2.83. The molecule has 0 saturated carbocycles. The van der Waals surface area contributed by atoms with Gasteiger partial charge in [-0.05, 0) is 23.5 Å². The maximum atomic E-state index is 11.9. The molecule has 2 amide bonds. The van der Waals surface area contributed by atoms with E-state index in [0.29, 0.717) is 32.0 Å². The molecule has 1 aromatic carbocycles. The van der Waals surface area contributed by atoms with Crippen LogP contribution in [0.2, 0.25) is 0 Å². The molecule has 0 aromatic heterocycles. The van der Waals surface area contributed by atoms with Crippen LogP contribution in [0, 0.1) is 5.92 Å². The maximum Gasteiger partial charge on any atom is 0.223 e. The van der Waals surface area contributed by atoms with E-state index in [1.807, 2.05) is 17.0 Å². The van der Waals surface area contributed by atoms with Crippen LogP contribution < -0.4 is 5.32 Å². The van der Waals surface area contributed by atoms with Crippen LogP contribution in [0.15, 0.2) is 24.3 Å². The van der Waals surface area contributed by atoms with Crippen molar-refractivity contribution in [2.24, 2.45) is 5.92 Å². The van der Waals surface area contributed by atoms with E-state index in [-0.39, 0.29) is 11.8 Å². The van der Waals surface area contributed by atoms with E-state index in [9.17, 15) is 9.59 Å². The highest BCUT2D eigenvalue weighted by Crippen LogP contribution is 2.22. The number of amides is 2. The van der Waals surface area contributed by atoms with E-state index in [2.05, 4.69) is 17.4 Å². The van der Waals surface area contributed by atoms with Gasteiger partial charge in [0.25, 0.3) is 0 Å². The Bertz CT molecular complexity index is 530. The summed E-state index contributed by atoms with van der Waals surface area (Å²) in [6, 6.07) is 8.20. The van der Waals surface area contributed by atoms with Crippen LogP contribution in [0.3, 0.4) is 0 Å². The molecular weight excluding hydrogens is 280 g/mol. The lowest BCUT2D eigenvalue weighted by Crippen LogP contribution is -2.28. The Morgan fingerprint density at radius 3 is 2.91 bits per heavy atom. The zero-order valence-corrected chi connectivity index (χ0v) is 13.3. The fraction of sp³-hybridized carbons (Fsp3) is 0.529. The van der Waals surface area contributed by atoms with Gasteiger partial charge in [-0.25, -0.2) is 0 Å². The van der Waals surface area contributed by atoms with E-state index in [1.54, 1.807) is 7.11 Å². The summed E-state index contributed by atoms with van der Waals surface area (Å²) in [6.07, 6.45) is 1.50. The second-order valence-corrected chi connectivity index (χ2v) is 5.84. The van der Waals surface area contributed by atoms with Crippen molar-refractivity contribution >= 4 is 11.8 Å². The summed E-state index contributed by atoms with van der Waals surface area (Å²) in [5, 5.41) is 2.80. The summed E-state index contributed by atoms with van der Waals surface area (Å²) in [6.45, 7) is 4.13. The van der Waals surface area contributed by atoms with Crippen molar-refractivity contribution in [1.29, 1.82) is 0 Å². The molecule has 1 aromatic rings. The van der Waals surface area contributed by atoms with Crippen molar-refractivity contribution in [3.8, 4) is 0 Å². The number of likely N-dealkylation sites (tertiary alicyclic amines) is 1. The van der Waals surface area contributed by atoms with E-state index < -0.39 is 0 Å². The zero-order valence-electron chi connectivity index (χ0n) is 13.3. The first-order valence-electron chi connectivity index (χ1n) is 7.67. The molecule has 0 bridgehead atoms. The Hall–Kier alpha value is -1.88. The van der Waals surface area contributed by atoms with Crippen LogP contribution in [-0.2, 0) is 27.3 Å².